The van der Waals surface area contributed by atoms with E-state index in [0.29, 0.717) is 0 Å². The lowest BCUT2D eigenvalue weighted by Crippen LogP contribution is -2.65. The molecule has 0 saturated carbocycles. The van der Waals surface area contributed by atoms with Gasteiger partial charge in [0, 0.05) is 17.6 Å². The SMILES string of the molecule is C=Cc1ccccc1CNN1C(C)(C)CC(CCCC)CC1(C)C. The molecule has 1 heterocycles. The van der Waals surface area contributed by atoms with Crippen molar-refractivity contribution in [2.75, 3.05) is 0 Å². The Bertz CT molecular complexity index is 527. The number of unbranched alkanes of at least 4 members (excludes halogenated alkanes) is 1. The Morgan fingerprint density at radius 2 is 1.79 bits per heavy atom. The molecule has 0 unspecified atom stereocenters. The molecule has 1 aliphatic heterocycles. The number of rotatable bonds is 7. The monoisotopic (exact) mass is 328 g/mol. The van der Waals surface area contributed by atoms with Crippen LogP contribution in [0.5, 0.6) is 0 Å². The maximum atomic E-state index is 3.94. The van der Waals surface area contributed by atoms with Gasteiger partial charge in [0.15, 0.2) is 0 Å². The molecule has 2 rings (SSSR count). The van der Waals surface area contributed by atoms with E-state index in [-0.39, 0.29) is 11.1 Å². The molecule has 1 aromatic carbocycles. The van der Waals surface area contributed by atoms with Crippen LogP contribution in [-0.4, -0.2) is 16.1 Å². The average molecular weight is 329 g/mol. The Morgan fingerprint density at radius 1 is 1.17 bits per heavy atom. The highest BCUT2D eigenvalue weighted by Crippen LogP contribution is 2.41. The van der Waals surface area contributed by atoms with Crippen LogP contribution in [0, 0.1) is 5.92 Å². The minimum absolute atomic E-state index is 0.170. The molecule has 0 atom stereocenters. The predicted molar refractivity (Wildman–Crippen MR) is 106 cm³/mol. The average Bonchev–Trinajstić information content (AvgIpc) is 2.51. The summed E-state index contributed by atoms with van der Waals surface area (Å²) in [5.41, 5.74) is 6.63. The van der Waals surface area contributed by atoms with Crippen LogP contribution in [-0.2, 0) is 6.54 Å². The zero-order valence-electron chi connectivity index (χ0n) is 16.4. The predicted octanol–water partition coefficient (Wildman–Crippen LogP) is 5.79. The first-order valence-corrected chi connectivity index (χ1v) is 9.54. The van der Waals surface area contributed by atoms with Gasteiger partial charge < -0.3 is 0 Å². The van der Waals surface area contributed by atoms with Gasteiger partial charge in [-0.15, -0.1) is 0 Å². The summed E-state index contributed by atoms with van der Waals surface area (Å²) in [4.78, 5) is 0. The molecule has 24 heavy (non-hydrogen) atoms. The third-order valence-corrected chi connectivity index (χ3v) is 5.46. The number of benzene rings is 1. The third-order valence-electron chi connectivity index (χ3n) is 5.46. The van der Waals surface area contributed by atoms with Crippen LogP contribution in [0.1, 0.15) is 77.8 Å². The van der Waals surface area contributed by atoms with Crippen molar-refractivity contribution in [3.63, 3.8) is 0 Å². The van der Waals surface area contributed by atoms with E-state index in [1.54, 1.807) is 0 Å². The molecule has 1 fully saturated rings. The Hall–Kier alpha value is -1.12. The van der Waals surface area contributed by atoms with Crippen LogP contribution >= 0.6 is 0 Å². The maximum absolute atomic E-state index is 3.94. The van der Waals surface area contributed by atoms with Crippen LogP contribution in [0.4, 0.5) is 0 Å². The molecular weight excluding hydrogens is 292 g/mol. The second kappa shape index (κ2) is 7.84. The molecule has 1 aromatic rings. The molecule has 0 bridgehead atoms. The van der Waals surface area contributed by atoms with Gasteiger partial charge in [-0.05, 0) is 57.6 Å². The highest BCUT2D eigenvalue weighted by molar-refractivity contribution is 5.51. The van der Waals surface area contributed by atoms with Gasteiger partial charge in [0.05, 0.1) is 0 Å². The first kappa shape index (κ1) is 19.2. The molecule has 0 spiro atoms. The summed E-state index contributed by atoms with van der Waals surface area (Å²) in [5.74, 6) is 0.841. The Kier molecular flexibility index (Phi) is 6.28. The van der Waals surface area contributed by atoms with E-state index in [1.807, 2.05) is 6.08 Å². The number of piperidine rings is 1. The van der Waals surface area contributed by atoms with Gasteiger partial charge in [0.2, 0.25) is 0 Å². The van der Waals surface area contributed by atoms with Crippen LogP contribution in [0.3, 0.4) is 0 Å². The number of nitrogens with zero attached hydrogens (tertiary/aromatic N) is 1. The lowest BCUT2D eigenvalue weighted by Gasteiger charge is -2.55. The van der Waals surface area contributed by atoms with Crippen molar-refractivity contribution in [3.8, 4) is 0 Å². The molecule has 2 nitrogen and oxygen atoms in total. The number of nitrogens with one attached hydrogen (secondary N) is 1. The fourth-order valence-corrected chi connectivity index (χ4v) is 4.67. The summed E-state index contributed by atoms with van der Waals surface area (Å²) >= 11 is 0. The normalized spacial score (nSPS) is 20.9. The lowest BCUT2D eigenvalue weighted by molar-refractivity contribution is -0.0936. The zero-order chi connectivity index (χ0) is 17.8. The van der Waals surface area contributed by atoms with Crippen molar-refractivity contribution < 1.29 is 0 Å². The minimum atomic E-state index is 0.170. The molecule has 1 N–H and O–H groups in total. The van der Waals surface area contributed by atoms with Gasteiger partial charge in [-0.25, -0.2) is 10.4 Å². The van der Waals surface area contributed by atoms with E-state index >= 15 is 0 Å². The first-order valence-electron chi connectivity index (χ1n) is 9.54. The molecule has 0 aliphatic carbocycles. The maximum Gasteiger partial charge on any atom is 0.0359 e. The van der Waals surface area contributed by atoms with Crippen molar-refractivity contribution in [1.29, 1.82) is 0 Å². The Labute approximate surface area is 149 Å². The molecule has 1 aliphatic rings. The van der Waals surface area contributed by atoms with Crippen molar-refractivity contribution in [3.05, 3.63) is 42.0 Å². The van der Waals surface area contributed by atoms with E-state index in [4.69, 9.17) is 0 Å². The molecular formula is C22H36N2. The van der Waals surface area contributed by atoms with Crippen molar-refractivity contribution >= 4 is 6.08 Å². The standard InChI is InChI=1S/C22H36N2/c1-7-9-12-18-15-21(3,4)24(22(5,6)16-18)23-17-20-14-11-10-13-19(20)8-2/h8,10-11,13-14,18,23H,2,7,9,12,15-17H2,1,3-6H3. The Balaban J connectivity index is 2.09. The highest BCUT2D eigenvalue weighted by Gasteiger charge is 2.44. The topological polar surface area (TPSA) is 15.3 Å². The summed E-state index contributed by atoms with van der Waals surface area (Å²) in [6.07, 6.45) is 8.52. The van der Waals surface area contributed by atoms with Gasteiger partial charge in [0.25, 0.3) is 0 Å². The largest absolute Gasteiger partial charge is 0.250 e. The fraction of sp³-hybridized carbons (Fsp3) is 0.636. The quantitative estimate of drug-likeness (QED) is 0.681. The number of hydrogen-bond donors (Lipinski definition) is 1. The van der Waals surface area contributed by atoms with Gasteiger partial charge in [-0.2, -0.15) is 0 Å². The molecule has 2 heteroatoms. The van der Waals surface area contributed by atoms with Gasteiger partial charge >= 0.3 is 0 Å². The van der Waals surface area contributed by atoms with E-state index in [1.165, 1.54) is 43.2 Å². The summed E-state index contributed by atoms with van der Waals surface area (Å²) in [7, 11) is 0. The van der Waals surface area contributed by atoms with Gasteiger partial charge in [-0.1, -0.05) is 63.1 Å². The molecule has 0 aromatic heterocycles. The number of hydrazine groups is 1. The van der Waals surface area contributed by atoms with E-state index in [9.17, 15) is 0 Å². The second-order valence-electron chi connectivity index (χ2n) is 8.61. The van der Waals surface area contributed by atoms with Crippen LogP contribution in [0.15, 0.2) is 30.8 Å². The molecule has 0 amide bonds. The summed E-state index contributed by atoms with van der Waals surface area (Å²) in [6.45, 7) is 16.6. The van der Waals surface area contributed by atoms with Crippen molar-refractivity contribution in [1.82, 2.24) is 10.4 Å². The highest BCUT2D eigenvalue weighted by atomic mass is 15.6. The van der Waals surface area contributed by atoms with Crippen molar-refractivity contribution in [2.45, 2.75) is 84.3 Å². The lowest BCUT2D eigenvalue weighted by atomic mass is 9.73. The van der Waals surface area contributed by atoms with Crippen LogP contribution in [0.2, 0.25) is 0 Å². The molecule has 0 radical (unpaired) electrons. The van der Waals surface area contributed by atoms with Crippen molar-refractivity contribution in [2.24, 2.45) is 5.92 Å². The van der Waals surface area contributed by atoms with E-state index < -0.39 is 0 Å². The summed E-state index contributed by atoms with van der Waals surface area (Å²) < 4.78 is 0. The van der Waals surface area contributed by atoms with E-state index in [2.05, 4.69) is 75.9 Å². The minimum Gasteiger partial charge on any atom is -0.250 e. The first-order chi connectivity index (χ1) is 11.3. The second-order valence-corrected chi connectivity index (χ2v) is 8.61. The van der Waals surface area contributed by atoms with Gasteiger partial charge in [0.1, 0.15) is 0 Å². The smallest absolute Gasteiger partial charge is 0.0359 e. The number of hydrogen-bond acceptors (Lipinski definition) is 2. The summed E-state index contributed by atoms with van der Waals surface area (Å²) in [6, 6.07) is 8.51. The summed E-state index contributed by atoms with van der Waals surface area (Å²) in [5, 5.41) is 2.52. The van der Waals surface area contributed by atoms with Crippen LogP contribution in [0.25, 0.3) is 6.08 Å². The van der Waals surface area contributed by atoms with Gasteiger partial charge in [-0.3, -0.25) is 0 Å². The molecule has 1 saturated heterocycles. The van der Waals surface area contributed by atoms with E-state index in [0.717, 1.165) is 12.5 Å². The van der Waals surface area contributed by atoms with Crippen LogP contribution < -0.4 is 5.43 Å². The third kappa shape index (κ3) is 4.49. The Morgan fingerprint density at radius 3 is 2.38 bits per heavy atom. The molecule has 134 valence electrons. The fourth-order valence-electron chi connectivity index (χ4n) is 4.67. The zero-order valence-corrected chi connectivity index (χ0v) is 16.4.